The predicted octanol–water partition coefficient (Wildman–Crippen LogP) is 4.21. The molecule has 0 bridgehead atoms. The highest BCUT2D eigenvalue weighted by molar-refractivity contribution is 5.33. The molecule has 4 nitrogen and oxygen atoms in total. The summed E-state index contributed by atoms with van der Waals surface area (Å²) >= 11 is 0. The maximum Gasteiger partial charge on any atom is 0.225 e. The van der Waals surface area contributed by atoms with E-state index in [1.54, 1.807) is 12.3 Å². The summed E-state index contributed by atoms with van der Waals surface area (Å²) in [5, 5.41) is 3.06. The minimum atomic E-state index is 0.548. The lowest BCUT2D eigenvalue weighted by Crippen LogP contribution is -2.02. The van der Waals surface area contributed by atoms with Crippen molar-refractivity contribution in [1.82, 2.24) is 9.97 Å². The molecule has 20 heavy (non-hydrogen) atoms. The third-order valence-electron chi connectivity index (χ3n) is 3.25. The van der Waals surface area contributed by atoms with E-state index in [9.17, 15) is 0 Å². The average molecular weight is 271 g/mol. The topological polar surface area (TPSA) is 47.0 Å². The summed E-state index contributed by atoms with van der Waals surface area (Å²) in [6, 6.07) is 9.93. The molecule has 1 aromatic heterocycles. The molecule has 0 aliphatic carbocycles. The van der Waals surface area contributed by atoms with Crippen molar-refractivity contribution in [3.05, 3.63) is 42.1 Å². The Labute approximate surface area is 120 Å². The Kier molecular flexibility index (Phi) is 4.93. The van der Waals surface area contributed by atoms with Crippen LogP contribution in [0.2, 0.25) is 0 Å². The van der Waals surface area contributed by atoms with Crippen molar-refractivity contribution in [3.63, 3.8) is 0 Å². The standard InChI is InChI=1S/C16H21N3O/c1-4-12(3)13-6-8-14(9-7-13)20-15-10-11-18-16(19-15)17-5-2/h6-12H,4-5H2,1-3H3,(H,17,18,19). The summed E-state index contributed by atoms with van der Waals surface area (Å²) in [4.78, 5) is 8.40. The van der Waals surface area contributed by atoms with E-state index in [1.165, 1.54) is 5.56 Å². The molecule has 0 spiro atoms. The van der Waals surface area contributed by atoms with Crippen LogP contribution in [0, 0.1) is 0 Å². The normalized spacial score (nSPS) is 11.9. The first kappa shape index (κ1) is 14.3. The lowest BCUT2D eigenvalue weighted by molar-refractivity contribution is 0.462. The lowest BCUT2D eigenvalue weighted by Gasteiger charge is -2.10. The van der Waals surface area contributed by atoms with Crippen molar-refractivity contribution >= 4 is 5.95 Å². The van der Waals surface area contributed by atoms with Gasteiger partial charge in [-0.2, -0.15) is 4.98 Å². The van der Waals surface area contributed by atoms with Crippen LogP contribution in [-0.4, -0.2) is 16.5 Å². The third kappa shape index (κ3) is 3.70. The fraction of sp³-hybridized carbons (Fsp3) is 0.375. The number of hydrogen-bond acceptors (Lipinski definition) is 4. The largest absolute Gasteiger partial charge is 0.439 e. The number of ether oxygens (including phenoxy) is 1. The highest BCUT2D eigenvalue weighted by atomic mass is 16.5. The van der Waals surface area contributed by atoms with Gasteiger partial charge < -0.3 is 10.1 Å². The first-order chi connectivity index (χ1) is 9.72. The summed E-state index contributed by atoms with van der Waals surface area (Å²) in [5.41, 5.74) is 1.33. The van der Waals surface area contributed by atoms with Crippen LogP contribution < -0.4 is 10.1 Å². The quantitative estimate of drug-likeness (QED) is 0.854. The molecule has 4 heteroatoms. The van der Waals surface area contributed by atoms with Crippen LogP contribution in [-0.2, 0) is 0 Å². The highest BCUT2D eigenvalue weighted by Gasteiger charge is 2.04. The van der Waals surface area contributed by atoms with E-state index in [0.717, 1.165) is 18.7 Å². The third-order valence-corrected chi connectivity index (χ3v) is 3.25. The van der Waals surface area contributed by atoms with Crippen molar-refractivity contribution in [1.29, 1.82) is 0 Å². The number of hydrogen-bond donors (Lipinski definition) is 1. The Morgan fingerprint density at radius 1 is 1.15 bits per heavy atom. The summed E-state index contributed by atoms with van der Waals surface area (Å²) in [7, 11) is 0. The molecule has 1 unspecified atom stereocenters. The van der Waals surface area contributed by atoms with Gasteiger partial charge in [0.15, 0.2) is 0 Å². The molecule has 2 rings (SSSR count). The van der Waals surface area contributed by atoms with Crippen LogP contribution in [0.5, 0.6) is 11.6 Å². The van der Waals surface area contributed by atoms with E-state index in [2.05, 4.69) is 41.3 Å². The second-order valence-electron chi connectivity index (χ2n) is 4.73. The molecule has 2 aromatic rings. The predicted molar refractivity (Wildman–Crippen MR) is 81.4 cm³/mol. The molecule has 106 valence electrons. The first-order valence-electron chi connectivity index (χ1n) is 7.07. The van der Waals surface area contributed by atoms with Crippen molar-refractivity contribution in [2.75, 3.05) is 11.9 Å². The van der Waals surface area contributed by atoms with E-state index in [4.69, 9.17) is 4.74 Å². The van der Waals surface area contributed by atoms with Crippen molar-refractivity contribution < 1.29 is 4.74 Å². The van der Waals surface area contributed by atoms with E-state index in [0.29, 0.717) is 17.7 Å². The van der Waals surface area contributed by atoms with Gasteiger partial charge in [-0.3, -0.25) is 0 Å². The van der Waals surface area contributed by atoms with Crippen LogP contribution in [0.4, 0.5) is 5.95 Å². The number of nitrogens with zero attached hydrogens (tertiary/aromatic N) is 2. The molecule has 0 aliphatic heterocycles. The molecule has 1 heterocycles. The van der Waals surface area contributed by atoms with Gasteiger partial charge >= 0.3 is 0 Å². The molecule has 1 N–H and O–H groups in total. The fourth-order valence-corrected chi connectivity index (χ4v) is 1.86. The Hall–Kier alpha value is -2.10. The fourth-order valence-electron chi connectivity index (χ4n) is 1.86. The Balaban J connectivity index is 2.08. The first-order valence-corrected chi connectivity index (χ1v) is 7.07. The van der Waals surface area contributed by atoms with Gasteiger partial charge in [0.05, 0.1) is 0 Å². The minimum absolute atomic E-state index is 0.548. The van der Waals surface area contributed by atoms with Crippen LogP contribution in [0.3, 0.4) is 0 Å². The molecule has 0 amide bonds. The van der Waals surface area contributed by atoms with Gasteiger partial charge in [0.1, 0.15) is 5.75 Å². The maximum absolute atomic E-state index is 5.74. The number of anilines is 1. The van der Waals surface area contributed by atoms with Crippen LogP contribution >= 0.6 is 0 Å². The highest BCUT2D eigenvalue weighted by Crippen LogP contribution is 2.24. The molecule has 0 saturated heterocycles. The molecular formula is C16H21N3O. The molecular weight excluding hydrogens is 250 g/mol. The van der Waals surface area contributed by atoms with Gasteiger partial charge in [-0.25, -0.2) is 4.98 Å². The number of aromatic nitrogens is 2. The monoisotopic (exact) mass is 271 g/mol. The molecule has 1 aromatic carbocycles. The molecule has 0 saturated carbocycles. The summed E-state index contributed by atoms with van der Waals surface area (Å²) in [6.45, 7) is 7.21. The number of rotatable bonds is 6. The SMILES string of the molecule is CCNc1nccc(Oc2ccc(C(C)CC)cc2)n1. The molecule has 0 radical (unpaired) electrons. The van der Waals surface area contributed by atoms with E-state index in [-0.39, 0.29) is 0 Å². The molecule has 0 fully saturated rings. The number of benzene rings is 1. The smallest absolute Gasteiger partial charge is 0.225 e. The summed E-state index contributed by atoms with van der Waals surface area (Å²) in [5.74, 6) is 2.50. The molecule has 1 atom stereocenters. The average Bonchev–Trinajstić information content (AvgIpc) is 2.48. The van der Waals surface area contributed by atoms with E-state index >= 15 is 0 Å². The molecule has 0 aliphatic rings. The van der Waals surface area contributed by atoms with Gasteiger partial charge in [0.25, 0.3) is 0 Å². The van der Waals surface area contributed by atoms with E-state index < -0.39 is 0 Å². The van der Waals surface area contributed by atoms with Gasteiger partial charge in [-0.1, -0.05) is 26.0 Å². The second-order valence-corrected chi connectivity index (χ2v) is 4.73. The Morgan fingerprint density at radius 3 is 2.55 bits per heavy atom. The summed E-state index contributed by atoms with van der Waals surface area (Å²) < 4.78 is 5.74. The van der Waals surface area contributed by atoms with Crippen molar-refractivity contribution in [2.45, 2.75) is 33.1 Å². The zero-order chi connectivity index (χ0) is 14.4. The van der Waals surface area contributed by atoms with E-state index in [1.807, 2.05) is 19.1 Å². The van der Waals surface area contributed by atoms with Crippen LogP contribution in [0.25, 0.3) is 0 Å². The zero-order valence-electron chi connectivity index (χ0n) is 12.3. The number of nitrogens with one attached hydrogen (secondary N) is 1. The van der Waals surface area contributed by atoms with Gasteiger partial charge in [0, 0.05) is 18.8 Å². The van der Waals surface area contributed by atoms with Crippen molar-refractivity contribution in [3.8, 4) is 11.6 Å². The minimum Gasteiger partial charge on any atom is -0.439 e. The lowest BCUT2D eigenvalue weighted by atomic mass is 9.99. The van der Waals surface area contributed by atoms with Crippen LogP contribution in [0.15, 0.2) is 36.5 Å². The van der Waals surface area contributed by atoms with Gasteiger partial charge in [0.2, 0.25) is 11.8 Å². The second kappa shape index (κ2) is 6.89. The summed E-state index contributed by atoms with van der Waals surface area (Å²) in [6.07, 6.45) is 2.83. The Bertz CT molecular complexity index is 540. The van der Waals surface area contributed by atoms with Gasteiger partial charge in [-0.05, 0) is 37.0 Å². The van der Waals surface area contributed by atoms with Gasteiger partial charge in [-0.15, -0.1) is 0 Å². The van der Waals surface area contributed by atoms with Crippen molar-refractivity contribution in [2.24, 2.45) is 0 Å². The van der Waals surface area contributed by atoms with Crippen LogP contribution in [0.1, 0.15) is 38.7 Å². The maximum atomic E-state index is 5.74. The Morgan fingerprint density at radius 2 is 1.90 bits per heavy atom. The zero-order valence-corrected chi connectivity index (χ0v) is 12.3.